The molecule has 0 spiro atoms. The van der Waals surface area contributed by atoms with Crippen LogP contribution in [0.1, 0.15) is 96.5 Å². The van der Waals surface area contributed by atoms with Crippen LogP contribution in [0.5, 0.6) is 35.0 Å². The van der Waals surface area contributed by atoms with Crippen LogP contribution in [-0.2, 0) is 19.1 Å². The SMILES string of the molecule is C=CC(=O)OCC.CCOC(=O)/C=C/c1ccc(Oc2nc(Nc3ccc(OC)c(Cl)c3)nc(NC3CCCCCC3)n2)cc1.COc1ccc(Nc2nc(NC3CCCCCC3)nc(Oc3ccc(I)cc3)n2)cc1Cl. The Morgan fingerprint density at radius 1 is 0.584 bits per heavy atom. The summed E-state index contributed by atoms with van der Waals surface area (Å²) in [5.74, 6) is 3.28. The summed E-state index contributed by atoms with van der Waals surface area (Å²) >= 11 is 14.8. The van der Waals surface area contributed by atoms with E-state index in [-0.39, 0.29) is 24.0 Å². The second-order valence-corrected chi connectivity index (χ2v) is 19.5. The van der Waals surface area contributed by atoms with Crippen LogP contribution >= 0.6 is 45.8 Å². The zero-order chi connectivity index (χ0) is 54.8. The van der Waals surface area contributed by atoms with Gasteiger partial charge in [-0.15, -0.1) is 0 Å². The summed E-state index contributed by atoms with van der Waals surface area (Å²) in [5.41, 5.74) is 2.27. The third-order valence-corrected chi connectivity index (χ3v) is 13.0. The molecule has 408 valence electrons. The zero-order valence-corrected chi connectivity index (χ0v) is 47.3. The molecule has 4 N–H and O–H groups in total. The lowest BCUT2D eigenvalue weighted by Crippen LogP contribution is -2.20. The monoisotopic (exact) mass is 1200 g/mol. The summed E-state index contributed by atoms with van der Waals surface area (Å²) in [6, 6.07) is 26.7. The van der Waals surface area contributed by atoms with Crippen LogP contribution in [0.25, 0.3) is 6.08 Å². The first-order chi connectivity index (χ1) is 37.4. The lowest BCUT2D eigenvalue weighted by molar-refractivity contribution is -0.138. The number of hydrogen-bond donors (Lipinski definition) is 4. The minimum atomic E-state index is -0.384. The Morgan fingerprint density at radius 2 is 1.00 bits per heavy atom. The summed E-state index contributed by atoms with van der Waals surface area (Å²) in [6.45, 7) is 7.48. The molecule has 2 fully saturated rings. The van der Waals surface area contributed by atoms with Crippen LogP contribution in [0.15, 0.2) is 104 Å². The predicted molar refractivity (Wildman–Crippen MR) is 311 cm³/mol. The number of ether oxygens (including phenoxy) is 6. The van der Waals surface area contributed by atoms with Gasteiger partial charge in [-0.1, -0.05) is 93.3 Å². The largest absolute Gasteiger partial charge is 0.495 e. The minimum absolute atomic E-state index is 0.146. The first-order valence-electron chi connectivity index (χ1n) is 25.5. The summed E-state index contributed by atoms with van der Waals surface area (Å²) in [4.78, 5) is 48.8. The summed E-state index contributed by atoms with van der Waals surface area (Å²) in [5, 5.41) is 14.3. The maximum Gasteiger partial charge on any atom is 0.330 e. The van der Waals surface area contributed by atoms with Crippen LogP contribution in [0.4, 0.5) is 35.2 Å². The van der Waals surface area contributed by atoms with Gasteiger partial charge in [-0.05, 0) is 147 Å². The van der Waals surface area contributed by atoms with E-state index in [1.54, 1.807) is 70.5 Å². The third-order valence-electron chi connectivity index (χ3n) is 11.7. The number of carbonyl (C=O) groups is 2. The molecule has 2 aliphatic rings. The molecule has 0 saturated heterocycles. The molecule has 21 heteroatoms. The Morgan fingerprint density at radius 3 is 1.39 bits per heavy atom. The first-order valence-corrected chi connectivity index (χ1v) is 27.4. The van der Waals surface area contributed by atoms with Crippen LogP contribution < -0.4 is 40.2 Å². The molecule has 0 radical (unpaired) electrons. The average molecular weight is 1200 g/mol. The first kappa shape index (κ1) is 59.3. The molecular weight excluding hydrogens is 1140 g/mol. The summed E-state index contributed by atoms with van der Waals surface area (Å²) < 4.78 is 32.9. The van der Waals surface area contributed by atoms with E-state index in [2.05, 4.69) is 85.1 Å². The standard InChI is InChI=1S/C28H32ClN5O4.C23H25ClIN5O2.C5H8O2/c1-3-37-25(35)17-12-19-10-14-22(15-11-19)38-28-33-26(30-20-8-6-4-5-7-9-20)32-27(34-28)31-21-13-16-24(36-2)23(29)18-21;1-31-20-13-10-17(14-19(20)24)27-22-28-21(26-16-6-4-2-3-5-7-16)29-23(30-22)32-18-11-8-15(25)9-12-18;1-3-5(6)7-4-2/h10-18,20H,3-9H2,1-2H3,(H2,30,31,32,33,34);8-14,16H,2-7H2,1H3,(H2,26,27,28,29,30);3H,1,4H2,2H3/b17-12+;;. The van der Waals surface area contributed by atoms with E-state index in [4.69, 9.17) is 46.9 Å². The number of anilines is 6. The Labute approximate surface area is 473 Å². The van der Waals surface area contributed by atoms with E-state index in [1.807, 2.05) is 48.5 Å². The highest BCUT2D eigenvalue weighted by Gasteiger charge is 2.18. The van der Waals surface area contributed by atoms with Gasteiger partial charge in [0.2, 0.25) is 23.8 Å². The number of benzene rings is 4. The van der Waals surface area contributed by atoms with E-state index >= 15 is 0 Å². The molecule has 4 aromatic carbocycles. The van der Waals surface area contributed by atoms with Gasteiger partial charge in [0, 0.05) is 39.2 Å². The van der Waals surface area contributed by atoms with Crippen LogP contribution in [-0.4, -0.2) is 81.4 Å². The number of aromatic nitrogens is 6. The Kier molecular flexibility index (Phi) is 24.6. The number of nitrogens with one attached hydrogen (secondary N) is 4. The molecule has 18 nitrogen and oxygen atoms in total. The number of rotatable bonds is 19. The zero-order valence-electron chi connectivity index (χ0n) is 43.7. The molecule has 8 rings (SSSR count). The maximum absolute atomic E-state index is 11.6. The van der Waals surface area contributed by atoms with Crippen molar-refractivity contribution >= 4 is 99.0 Å². The van der Waals surface area contributed by atoms with Gasteiger partial charge in [-0.2, -0.15) is 29.9 Å². The van der Waals surface area contributed by atoms with Crippen molar-refractivity contribution in [3.05, 3.63) is 123 Å². The Bertz CT molecular complexity index is 2850. The molecule has 2 saturated carbocycles. The van der Waals surface area contributed by atoms with Gasteiger partial charge in [-0.25, -0.2) is 9.59 Å². The highest BCUT2D eigenvalue weighted by atomic mass is 127. The van der Waals surface area contributed by atoms with Crippen molar-refractivity contribution < 1.29 is 38.0 Å². The van der Waals surface area contributed by atoms with Crippen molar-refractivity contribution in [2.45, 2.75) is 103 Å². The topological polar surface area (TPSA) is 215 Å². The molecule has 2 aromatic heterocycles. The van der Waals surface area contributed by atoms with Gasteiger partial charge in [-0.3, -0.25) is 0 Å². The van der Waals surface area contributed by atoms with E-state index in [0.717, 1.165) is 46.6 Å². The molecule has 0 unspecified atom stereocenters. The molecule has 2 aliphatic carbocycles. The minimum Gasteiger partial charge on any atom is -0.495 e. The molecule has 77 heavy (non-hydrogen) atoms. The number of nitrogens with zero attached hydrogens (tertiary/aromatic N) is 6. The number of hydrogen-bond acceptors (Lipinski definition) is 18. The van der Waals surface area contributed by atoms with Crippen molar-refractivity contribution in [3.8, 4) is 35.0 Å². The summed E-state index contributed by atoms with van der Waals surface area (Å²) in [7, 11) is 3.15. The van der Waals surface area contributed by atoms with E-state index in [0.29, 0.717) is 87.8 Å². The van der Waals surface area contributed by atoms with Gasteiger partial charge in [0.15, 0.2) is 0 Å². The normalized spacial score (nSPS) is 13.6. The lowest BCUT2D eigenvalue weighted by atomic mass is 10.1. The predicted octanol–water partition coefficient (Wildman–Crippen LogP) is 14.3. The fraction of sp³-hybridized carbons (Fsp3) is 0.357. The molecule has 6 aromatic rings. The highest BCUT2D eigenvalue weighted by molar-refractivity contribution is 14.1. The number of esters is 2. The van der Waals surface area contributed by atoms with Gasteiger partial charge in [0.05, 0.1) is 37.5 Å². The molecule has 2 heterocycles. The molecule has 0 aliphatic heterocycles. The third kappa shape index (κ3) is 20.8. The molecule has 0 amide bonds. The van der Waals surface area contributed by atoms with E-state index in [1.165, 1.54) is 57.4 Å². The van der Waals surface area contributed by atoms with E-state index < -0.39 is 0 Å². The lowest BCUT2D eigenvalue weighted by Gasteiger charge is -2.17. The number of methoxy groups -OCH3 is 2. The average Bonchev–Trinajstić information content (AvgIpc) is 3.85. The van der Waals surface area contributed by atoms with Crippen molar-refractivity contribution in [2.24, 2.45) is 0 Å². The second-order valence-electron chi connectivity index (χ2n) is 17.4. The van der Waals surface area contributed by atoms with E-state index in [9.17, 15) is 9.59 Å². The van der Waals surface area contributed by atoms with Crippen molar-refractivity contribution in [3.63, 3.8) is 0 Å². The van der Waals surface area contributed by atoms with Gasteiger partial charge in [0.25, 0.3) is 0 Å². The van der Waals surface area contributed by atoms with Crippen molar-refractivity contribution in [1.29, 1.82) is 0 Å². The van der Waals surface area contributed by atoms with Crippen molar-refractivity contribution in [1.82, 2.24) is 29.9 Å². The second kappa shape index (κ2) is 31.9. The number of halogens is 3. The van der Waals surface area contributed by atoms with Crippen LogP contribution in [0.3, 0.4) is 0 Å². The van der Waals surface area contributed by atoms with Gasteiger partial charge in [0.1, 0.15) is 23.0 Å². The quantitative estimate of drug-likeness (QED) is 0.0257. The van der Waals surface area contributed by atoms with Crippen LogP contribution in [0, 0.1) is 3.57 Å². The highest BCUT2D eigenvalue weighted by Crippen LogP contribution is 2.32. The maximum atomic E-state index is 11.6. The Balaban J connectivity index is 0.000000224. The van der Waals surface area contributed by atoms with Crippen molar-refractivity contribution in [2.75, 3.05) is 48.7 Å². The number of carbonyl (C=O) groups excluding carboxylic acids is 2. The fourth-order valence-electron chi connectivity index (χ4n) is 7.92. The van der Waals surface area contributed by atoms with Crippen LogP contribution in [0.2, 0.25) is 10.0 Å². The van der Waals surface area contributed by atoms with Gasteiger partial charge >= 0.3 is 24.0 Å². The molecular formula is C56H65Cl2IN10O8. The summed E-state index contributed by atoms with van der Waals surface area (Å²) in [6.07, 6.45) is 18.4. The molecule has 0 bridgehead atoms. The van der Waals surface area contributed by atoms with Gasteiger partial charge < -0.3 is 49.7 Å². The fourth-order valence-corrected chi connectivity index (χ4v) is 8.80. The molecule has 0 atom stereocenters. The smallest absolute Gasteiger partial charge is 0.330 e. The Hall–Kier alpha value is -6.97.